The number of hydrogen-bond acceptors (Lipinski definition) is 5. The second kappa shape index (κ2) is 10.3. The van der Waals surface area contributed by atoms with E-state index in [0.717, 1.165) is 11.1 Å². The van der Waals surface area contributed by atoms with Gasteiger partial charge in [0.25, 0.3) is 5.91 Å². The third-order valence-electron chi connectivity index (χ3n) is 5.41. The van der Waals surface area contributed by atoms with Crippen LogP contribution in [0.2, 0.25) is 0 Å². The second-order valence-corrected chi connectivity index (χ2v) is 7.95. The molecule has 2 N–H and O–H groups in total. The van der Waals surface area contributed by atoms with Gasteiger partial charge in [-0.3, -0.25) is 14.7 Å². The third kappa shape index (κ3) is 5.29. The lowest BCUT2D eigenvalue weighted by atomic mass is 10.1. The molecule has 0 atom stereocenters. The zero-order chi connectivity index (χ0) is 24.1. The highest BCUT2D eigenvalue weighted by Crippen LogP contribution is 2.26. The SMILES string of the molecule is COCC(=O)Nc1cc(C(=O)N(C)CCc2cn[nH]c2)c2c(c1)ncn2Cc1ccc(F)cc1. The van der Waals surface area contributed by atoms with Gasteiger partial charge in [-0.2, -0.15) is 5.10 Å². The smallest absolute Gasteiger partial charge is 0.255 e. The van der Waals surface area contributed by atoms with E-state index in [1.54, 1.807) is 54.9 Å². The number of fused-ring (bicyclic) bond motifs is 1. The molecule has 0 unspecified atom stereocenters. The molecule has 0 aliphatic carbocycles. The minimum absolute atomic E-state index is 0.106. The topological polar surface area (TPSA) is 105 Å². The van der Waals surface area contributed by atoms with E-state index < -0.39 is 0 Å². The minimum atomic E-state index is -0.334. The van der Waals surface area contributed by atoms with Gasteiger partial charge in [-0.1, -0.05) is 12.1 Å². The molecule has 0 spiro atoms. The van der Waals surface area contributed by atoms with Crippen LogP contribution >= 0.6 is 0 Å². The second-order valence-electron chi connectivity index (χ2n) is 7.95. The fraction of sp³-hybridized carbons (Fsp3) is 0.250. The van der Waals surface area contributed by atoms with Crippen molar-refractivity contribution >= 4 is 28.5 Å². The van der Waals surface area contributed by atoms with Gasteiger partial charge < -0.3 is 19.5 Å². The maximum Gasteiger partial charge on any atom is 0.255 e. The largest absolute Gasteiger partial charge is 0.375 e. The molecule has 4 rings (SSSR count). The Hall–Kier alpha value is -4.05. The van der Waals surface area contributed by atoms with Crippen LogP contribution in [0, 0.1) is 5.82 Å². The molecule has 2 aromatic heterocycles. The number of hydrogen-bond donors (Lipinski definition) is 2. The van der Waals surface area contributed by atoms with Crippen molar-refractivity contribution in [3.05, 3.63) is 77.6 Å². The number of carbonyl (C=O) groups excluding carboxylic acids is 2. The van der Waals surface area contributed by atoms with E-state index in [2.05, 4.69) is 20.5 Å². The van der Waals surface area contributed by atoms with Gasteiger partial charge in [0.15, 0.2) is 0 Å². The predicted octanol–water partition coefficient (Wildman–Crippen LogP) is 2.85. The predicted molar refractivity (Wildman–Crippen MR) is 125 cm³/mol. The van der Waals surface area contributed by atoms with Gasteiger partial charge in [-0.15, -0.1) is 0 Å². The first-order valence-electron chi connectivity index (χ1n) is 10.7. The van der Waals surface area contributed by atoms with Crippen molar-refractivity contribution < 1.29 is 18.7 Å². The lowest BCUT2D eigenvalue weighted by Crippen LogP contribution is -2.29. The molecule has 2 heterocycles. The molecule has 0 saturated heterocycles. The van der Waals surface area contributed by atoms with Gasteiger partial charge >= 0.3 is 0 Å². The quantitative estimate of drug-likeness (QED) is 0.396. The van der Waals surface area contributed by atoms with E-state index >= 15 is 0 Å². The fourth-order valence-electron chi connectivity index (χ4n) is 3.70. The Labute approximate surface area is 195 Å². The van der Waals surface area contributed by atoms with Crippen LogP contribution in [0.15, 0.2) is 55.1 Å². The number of imidazole rings is 1. The summed E-state index contributed by atoms with van der Waals surface area (Å²) in [6.45, 7) is 0.780. The number of aromatic amines is 1. The van der Waals surface area contributed by atoms with Crippen LogP contribution in [-0.4, -0.2) is 63.8 Å². The molecule has 10 heteroatoms. The van der Waals surface area contributed by atoms with Crippen molar-refractivity contribution in [3.8, 4) is 0 Å². The van der Waals surface area contributed by atoms with Crippen molar-refractivity contribution in [2.75, 3.05) is 32.6 Å². The first kappa shape index (κ1) is 23.1. The van der Waals surface area contributed by atoms with Gasteiger partial charge in [-0.25, -0.2) is 9.37 Å². The van der Waals surface area contributed by atoms with Crippen LogP contribution < -0.4 is 5.32 Å². The molecule has 0 bridgehead atoms. The lowest BCUT2D eigenvalue weighted by molar-refractivity contribution is -0.119. The lowest BCUT2D eigenvalue weighted by Gasteiger charge is -2.19. The number of H-pyrrole nitrogens is 1. The van der Waals surface area contributed by atoms with E-state index in [1.807, 2.05) is 4.57 Å². The van der Waals surface area contributed by atoms with Crippen molar-refractivity contribution in [2.24, 2.45) is 0 Å². The summed E-state index contributed by atoms with van der Waals surface area (Å²) >= 11 is 0. The number of ether oxygens (including phenoxy) is 1. The number of amides is 2. The van der Waals surface area contributed by atoms with Crippen LogP contribution in [-0.2, 0) is 22.5 Å². The summed E-state index contributed by atoms with van der Waals surface area (Å²) in [4.78, 5) is 31.7. The molecule has 0 aliphatic heterocycles. The Morgan fingerprint density at radius 1 is 1.21 bits per heavy atom. The Morgan fingerprint density at radius 2 is 2.00 bits per heavy atom. The summed E-state index contributed by atoms with van der Waals surface area (Å²) in [5.74, 6) is -0.859. The van der Waals surface area contributed by atoms with E-state index in [9.17, 15) is 14.0 Å². The van der Waals surface area contributed by atoms with Crippen LogP contribution in [0.5, 0.6) is 0 Å². The van der Waals surface area contributed by atoms with Crippen LogP contribution in [0.25, 0.3) is 11.0 Å². The van der Waals surface area contributed by atoms with Gasteiger partial charge in [0.1, 0.15) is 12.4 Å². The summed E-state index contributed by atoms with van der Waals surface area (Å²) in [7, 11) is 3.16. The minimum Gasteiger partial charge on any atom is -0.375 e. The number of rotatable bonds is 9. The first-order chi connectivity index (χ1) is 16.4. The zero-order valence-electron chi connectivity index (χ0n) is 18.9. The van der Waals surface area contributed by atoms with Crippen molar-refractivity contribution in [3.63, 3.8) is 0 Å². The molecular formula is C24H25FN6O3. The summed E-state index contributed by atoms with van der Waals surface area (Å²) in [6.07, 6.45) is 5.79. The number of carbonyl (C=O) groups is 2. The highest BCUT2D eigenvalue weighted by atomic mass is 19.1. The number of likely N-dealkylation sites (N-methyl/N-ethyl adjacent to an activating group) is 1. The summed E-state index contributed by atoms with van der Waals surface area (Å²) < 4.78 is 20.1. The summed E-state index contributed by atoms with van der Waals surface area (Å²) in [5.41, 5.74) is 3.91. The van der Waals surface area contributed by atoms with Crippen LogP contribution in [0.4, 0.5) is 10.1 Å². The molecule has 0 saturated carbocycles. The number of benzene rings is 2. The molecule has 0 radical (unpaired) electrons. The van der Waals surface area contributed by atoms with Gasteiger partial charge in [0, 0.05) is 39.1 Å². The van der Waals surface area contributed by atoms with E-state index in [1.165, 1.54) is 19.2 Å². The van der Waals surface area contributed by atoms with Gasteiger partial charge in [-0.05, 0) is 41.8 Å². The maximum absolute atomic E-state index is 13.5. The average Bonchev–Trinajstić information content (AvgIpc) is 3.48. The number of methoxy groups -OCH3 is 1. The Bertz CT molecular complexity index is 1280. The highest BCUT2D eigenvalue weighted by molar-refractivity contribution is 6.07. The third-order valence-corrected chi connectivity index (χ3v) is 5.41. The molecule has 9 nitrogen and oxygen atoms in total. The van der Waals surface area contributed by atoms with Crippen LogP contribution in [0.1, 0.15) is 21.5 Å². The average molecular weight is 465 g/mol. The normalized spacial score (nSPS) is 11.0. The number of nitrogens with one attached hydrogen (secondary N) is 2. The summed E-state index contributed by atoms with van der Waals surface area (Å²) in [6, 6.07) is 9.54. The monoisotopic (exact) mass is 464 g/mol. The van der Waals surface area contributed by atoms with Gasteiger partial charge in [0.05, 0.1) is 29.1 Å². The van der Waals surface area contributed by atoms with Crippen molar-refractivity contribution in [1.82, 2.24) is 24.6 Å². The van der Waals surface area contributed by atoms with E-state index in [0.29, 0.717) is 41.8 Å². The van der Waals surface area contributed by atoms with Crippen molar-refractivity contribution in [1.29, 1.82) is 0 Å². The molecule has 2 aromatic carbocycles. The number of aromatic nitrogens is 4. The fourth-order valence-corrected chi connectivity index (χ4v) is 3.70. The molecule has 34 heavy (non-hydrogen) atoms. The number of nitrogens with zero attached hydrogens (tertiary/aromatic N) is 4. The Balaban J connectivity index is 1.68. The highest BCUT2D eigenvalue weighted by Gasteiger charge is 2.20. The van der Waals surface area contributed by atoms with E-state index in [-0.39, 0.29) is 24.2 Å². The first-order valence-corrected chi connectivity index (χ1v) is 10.7. The standard InChI is InChI=1S/C24H25FN6O3/c1-30(8-7-17-11-27-28-12-17)24(33)20-9-19(29-22(32)14-34-2)10-21-23(20)31(15-26-21)13-16-3-5-18(25)6-4-16/h3-6,9-12,15H,7-8,13-14H2,1-2H3,(H,27,28)(H,29,32). The Morgan fingerprint density at radius 3 is 2.71 bits per heavy atom. The van der Waals surface area contributed by atoms with Crippen molar-refractivity contribution in [2.45, 2.75) is 13.0 Å². The molecular weight excluding hydrogens is 439 g/mol. The molecule has 0 fully saturated rings. The Kier molecular flexibility index (Phi) is 6.98. The molecule has 4 aromatic rings. The van der Waals surface area contributed by atoms with Crippen LogP contribution in [0.3, 0.4) is 0 Å². The molecule has 2 amide bonds. The summed E-state index contributed by atoms with van der Waals surface area (Å²) in [5, 5.41) is 9.45. The zero-order valence-corrected chi connectivity index (χ0v) is 18.9. The maximum atomic E-state index is 13.5. The van der Waals surface area contributed by atoms with Gasteiger partial charge in [0.2, 0.25) is 5.91 Å². The van der Waals surface area contributed by atoms with E-state index in [4.69, 9.17) is 4.74 Å². The molecule has 0 aliphatic rings. The number of halogens is 1. The number of anilines is 1. The molecule has 176 valence electrons.